The van der Waals surface area contributed by atoms with Gasteiger partial charge in [0.25, 0.3) is 0 Å². The van der Waals surface area contributed by atoms with E-state index in [4.69, 9.17) is 16.6 Å². The molecule has 0 amide bonds. The second-order valence-electron chi connectivity index (χ2n) is 2.90. The summed E-state index contributed by atoms with van der Waals surface area (Å²) in [6.45, 7) is 0.0123. The fraction of sp³-hybridized carbons (Fsp3) is 0.333. The first-order valence-electron chi connectivity index (χ1n) is 4.06. The van der Waals surface area contributed by atoms with Crippen molar-refractivity contribution in [3.63, 3.8) is 0 Å². The Bertz CT molecular complexity index is 291. The van der Waals surface area contributed by atoms with Gasteiger partial charge in [0.05, 0.1) is 5.69 Å². The molecule has 1 aromatic rings. The number of rotatable bonds is 3. The molecule has 0 aliphatic rings. The molecule has 0 aliphatic heterocycles. The van der Waals surface area contributed by atoms with Crippen LogP contribution in [0.4, 0.5) is 10.1 Å². The Morgan fingerprint density at radius 2 is 2.15 bits per heavy atom. The Hall–Kier alpha value is -1.13. The van der Waals surface area contributed by atoms with Crippen LogP contribution in [0.25, 0.3) is 0 Å². The van der Waals surface area contributed by atoms with Crippen LogP contribution in [0.1, 0.15) is 18.0 Å². The van der Waals surface area contributed by atoms with Gasteiger partial charge in [-0.2, -0.15) is 0 Å². The summed E-state index contributed by atoms with van der Waals surface area (Å²) in [6, 6.07) is 4.07. The normalized spacial score (nSPS) is 12.8. The van der Waals surface area contributed by atoms with Crippen LogP contribution in [0.2, 0.25) is 0 Å². The third-order valence-corrected chi connectivity index (χ3v) is 1.89. The summed E-state index contributed by atoms with van der Waals surface area (Å²) in [5, 5.41) is 8.64. The highest BCUT2D eigenvalue weighted by molar-refractivity contribution is 5.43. The van der Waals surface area contributed by atoms with Crippen molar-refractivity contribution in [1.82, 2.24) is 0 Å². The van der Waals surface area contributed by atoms with E-state index in [9.17, 15) is 4.39 Å². The van der Waals surface area contributed by atoms with Gasteiger partial charge in [-0.05, 0) is 24.1 Å². The lowest BCUT2D eigenvalue weighted by molar-refractivity contribution is 0.276. The molecule has 0 radical (unpaired) electrons. The van der Waals surface area contributed by atoms with Crippen molar-refractivity contribution < 1.29 is 9.50 Å². The standard InChI is InChI=1S/C9H13FN2O/c10-7-2-1-6(5-9(7)12)8(11)3-4-13/h1-2,5,8,13H,3-4,11-12H2. The summed E-state index contributed by atoms with van der Waals surface area (Å²) < 4.78 is 12.7. The smallest absolute Gasteiger partial charge is 0.146 e. The van der Waals surface area contributed by atoms with E-state index in [0.717, 1.165) is 5.56 Å². The van der Waals surface area contributed by atoms with Gasteiger partial charge in [-0.1, -0.05) is 6.07 Å². The van der Waals surface area contributed by atoms with Crippen molar-refractivity contribution in [2.45, 2.75) is 12.5 Å². The molecule has 0 fully saturated rings. The quantitative estimate of drug-likeness (QED) is 0.608. The summed E-state index contributed by atoms with van der Waals surface area (Å²) in [4.78, 5) is 0. The molecule has 0 bridgehead atoms. The van der Waals surface area contributed by atoms with Gasteiger partial charge in [-0.25, -0.2) is 4.39 Å². The predicted octanol–water partition coefficient (Wildman–Crippen LogP) is 0.790. The summed E-state index contributed by atoms with van der Waals surface area (Å²) in [5.41, 5.74) is 11.9. The maximum Gasteiger partial charge on any atom is 0.146 e. The lowest BCUT2D eigenvalue weighted by atomic mass is 10.0. The molecule has 0 aromatic heterocycles. The molecule has 1 unspecified atom stereocenters. The molecular weight excluding hydrogens is 171 g/mol. The van der Waals surface area contributed by atoms with Gasteiger partial charge in [-0.3, -0.25) is 0 Å². The Morgan fingerprint density at radius 3 is 2.69 bits per heavy atom. The lowest BCUT2D eigenvalue weighted by Crippen LogP contribution is -2.12. The fourth-order valence-electron chi connectivity index (χ4n) is 1.10. The molecule has 72 valence electrons. The molecule has 0 saturated heterocycles. The van der Waals surface area contributed by atoms with Crippen LogP contribution < -0.4 is 11.5 Å². The lowest BCUT2D eigenvalue weighted by Gasteiger charge is -2.10. The highest BCUT2D eigenvalue weighted by Gasteiger charge is 2.07. The van der Waals surface area contributed by atoms with Gasteiger partial charge in [0, 0.05) is 12.6 Å². The molecule has 3 nitrogen and oxygen atoms in total. The second-order valence-corrected chi connectivity index (χ2v) is 2.90. The molecule has 1 aromatic carbocycles. The SMILES string of the molecule is Nc1cc(C(N)CCO)ccc1F. The minimum atomic E-state index is -0.444. The van der Waals surface area contributed by atoms with E-state index >= 15 is 0 Å². The van der Waals surface area contributed by atoms with Crippen molar-refractivity contribution in [2.24, 2.45) is 5.73 Å². The van der Waals surface area contributed by atoms with Crippen LogP contribution in [0.15, 0.2) is 18.2 Å². The number of hydrogen-bond donors (Lipinski definition) is 3. The Morgan fingerprint density at radius 1 is 1.46 bits per heavy atom. The van der Waals surface area contributed by atoms with Crippen molar-refractivity contribution in [2.75, 3.05) is 12.3 Å². The van der Waals surface area contributed by atoms with Gasteiger partial charge in [0.15, 0.2) is 0 Å². The molecule has 1 rings (SSSR count). The van der Waals surface area contributed by atoms with Crippen LogP contribution >= 0.6 is 0 Å². The second kappa shape index (κ2) is 4.20. The number of nitrogen functional groups attached to an aromatic ring is 1. The molecular formula is C9H13FN2O. The fourth-order valence-corrected chi connectivity index (χ4v) is 1.10. The largest absolute Gasteiger partial charge is 0.396 e. The monoisotopic (exact) mass is 184 g/mol. The van der Waals surface area contributed by atoms with Gasteiger partial charge in [-0.15, -0.1) is 0 Å². The van der Waals surface area contributed by atoms with Crippen molar-refractivity contribution in [1.29, 1.82) is 0 Å². The summed E-state index contributed by atoms with van der Waals surface area (Å²) >= 11 is 0. The third-order valence-electron chi connectivity index (χ3n) is 1.89. The van der Waals surface area contributed by atoms with Gasteiger partial charge >= 0.3 is 0 Å². The predicted molar refractivity (Wildman–Crippen MR) is 49.4 cm³/mol. The molecule has 4 heteroatoms. The number of hydrogen-bond acceptors (Lipinski definition) is 3. The summed E-state index contributed by atoms with van der Waals surface area (Å²) in [7, 11) is 0. The van der Waals surface area contributed by atoms with Crippen LogP contribution in [0.5, 0.6) is 0 Å². The van der Waals surface area contributed by atoms with Crippen molar-refractivity contribution in [3.8, 4) is 0 Å². The van der Waals surface area contributed by atoms with Crippen molar-refractivity contribution >= 4 is 5.69 Å². The molecule has 13 heavy (non-hydrogen) atoms. The van der Waals surface area contributed by atoms with E-state index in [1.54, 1.807) is 6.07 Å². The van der Waals surface area contributed by atoms with Gasteiger partial charge < -0.3 is 16.6 Å². The number of benzene rings is 1. The first-order valence-corrected chi connectivity index (χ1v) is 4.06. The van der Waals surface area contributed by atoms with E-state index in [1.165, 1.54) is 12.1 Å². The average Bonchev–Trinajstić information content (AvgIpc) is 2.10. The number of aliphatic hydroxyl groups excluding tert-OH is 1. The van der Waals surface area contributed by atoms with E-state index in [2.05, 4.69) is 0 Å². The number of anilines is 1. The summed E-state index contributed by atoms with van der Waals surface area (Å²) in [5.74, 6) is -0.444. The zero-order chi connectivity index (χ0) is 9.84. The zero-order valence-electron chi connectivity index (χ0n) is 7.20. The first kappa shape index (κ1) is 9.95. The van der Waals surface area contributed by atoms with Gasteiger partial charge in [0.1, 0.15) is 5.82 Å². The third kappa shape index (κ3) is 2.40. The topological polar surface area (TPSA) is 72.3 Å². The molecule has 0 heterocycles. The Kier molecular flexibility index (Phi) is 3.22. The number of halogens is 1. The molecule has 0 aliphatic carbocycles. The minimum absolute atomic E-state index is 0.0123. The van der Waals surface area contributed by atoms with Crippen LogP contribution in [0, 0.1) is 5.82 Å². The molecule has 0 saturated carbocycles. The maximum atomic E-state index is 12.7. The molecule has 1 atom stereocenters. The summed E-state index contributed by atoms with van der Waals surface area (Å²) in [6.07, 6.45) is 0.449. The Balaban J connectivity index is 2.84. The molecule has 5 N–H and O–H groups in total. The zero-order valence-corrected chi connectivity index (χ0v) is 7.20. The van der Waals surface area contributed by atoms with E-state index < -0.39 is 5.82 Å². The maximum absolute atomic E-state index is 12.7. The van der Waals surface area contributed by atoms with E-state index in [1.807, 2.05) is 0 Å². The van der Waals surface area contributed by atoms with E-state index in [-0.39, 0.29) is 18.3 Å². The highest BCUT2D eigenvalue weighted by Crippen LogP contribution is 2.18. The average molecular weight is 184 g/mol. The highest BCUT2D eigenvalue weighted by atomic mass is 19.1. The minimum Gasteiger partial charge on any atom is -0.396 e. The van der Waals surface area contributed by atoms with E-state index in [0.29, 0.717) is 6.42 Å². The number of nitrogens with two attached hydrogens (primary N) is 2. The van der Waals surface area contributed by atoms with Crippen LogP contribution in [-0.2, 0) is 0 Å². The van der Waals surface area contributed by atoms with Crippen molar-refractivity contribution in [3.05, 3.63) is 29.6 Å². The first-order chi connectivity index (χ1) is 6.15. The van der Waals surface area contributed by atoms with Gasteiger partial charge in [0.2, 0.25) is 0 Å². The number of aliphatic hydroxyl groups is 1. The molecule has 0 spiro atoms. The van der Waals surface area contributed by atoms with Crippen LogP contribution in [-0.4, -0.2) is 11.7 Å². The Labute approximate surface area is 76.2 Å². The van der Waals surface area contributed by atoms with Crippen LogP contribution in [0.3, 0.4) is 0 Å².